The molecule has 0 radical (unpaired) electrons. The van der Waals surface area contributed by atoms with Crippen molar-refractivity contribution >= 4 is 0 Å². The zero-order valence-electron chi connectivity index (χ0n) is 10.1. The van der Waals surface area contributed by atoms with Gasteiger partial charge in [-0.25, -0.2) is 4.98 Å². The number of hydrogen-bond donors (Lipinski definition) is 2. The molecule has 2 unspecified atom stereocenters. The van der Waals surface area contributed by atoms with Crippen molar-refractivity contribution in [3.8, 4) is 0 Å². The van der Waals surface area contributed by atoms with Gasteiger partial charge in [0.25, 0.3) is 0 Å². The van der Waals surface area contributed by atoms with Crippen molar-refractivity contribution in [1.29, 1.82) is 0 Å². The first-order valence-corrected chi connectivity index (χ1v) is 5.96. The molecule has 0 fully saturated rings. The summed E-state index contributed by atoms with van der Waals surface area (Å²) in [7, 11) is 0. The summed E-state index contributed by atoms with van der Waals surface area (Å²) in [5, 5.41) is 16.9. The zero-order chi connectivity index (χ0) is 11.8. The lowest BCUT2D eigenvalue weighted by atomic mass is 10.2. The number of nitrogens with one attached hydrogen (secondary N) is 1. The minimum atomic E-state index is -0.223. The molecule has 5 nitrogen and oxygen atoms in total. The summed E-state index contributed by atoms with van der Waals surface area (Å²) in [5.74, 6) is 0. The molecule has 0 aliphatic rings. The molecule has 1 aromatic rings. The van der Waals surface area contributed by atoms with Gasteiger partial charge in [0.2, 0.25) is 0 Å². The second-order valence-electron chi connectivity index (χ2n) is 4.20. The number of aryl methyl sites for hydroxylation is 1. The highest BCUT2D eigenvalue weighted by atomic mass is 16.3. The Hall–Kier alpha value is -0.940. The van der Waals surface area contributed by atoms with E-state index < -0.39 is 0 Å². The number of rotatable bonds is 8. The molecule has 0 aliphatic carbocycles. The predicted octanol–water partition coefficient (Wildman–Crippen LogP) is 0.807. The topological polar surface area (TPSA) is 63.0 Å². The van der Waals surface area contributed by atoms with Crippen LogP contribution in [0.15, 0.2) is 12.7 Å². The van der Waals surface area contributed by atoms with Crippen molar-refractivity contribution < 1.29 is 5.11 Å². The highest BCUT2D eigenvalue weighted by Crippen LogP contribution is 1.98. The Morgan fingerprint density at radius 1 is 1.44 bits per heavy atom. The summed E-state index contributed by atoms with van der Waals surface area (Å²) in [6.07, 6.45) is 5.92. The quantitative estimate of drug-likeness (QED) is 0.688. The molecule has 16 heavy (non-hydrogen) atoms. The third-order valence-electron chi connectivity index (χ3n) is 2.58. The number of nitrogens with zero attached hydrogens (tertiary/aromatic N) is 3. The van der Waals surface area contributed by atoms with Crippen LogP contribution < -0.4 is 5.32 Å². The van der Waals surface area contributed by atoms with E-state index in [-0.39, 0.29) is 6.10 Å². The Labute approximate surface area is 96.9 Å². The molecule has 2 atom stereocenters. The lowest BCUT2D eigenvalue weighted by molar-refractivity contribution is 0.156. The van der Waals surface area contributed by atoms with Crippen LogP contribution >= 0.6 is 0 Å². The molecule has 1 rings (SSSR count). The van der Waals surface area contributed by atoms with E-state index in [9.17, 15) is 5.11 Å². The summed E-state index contributed by atoms with van der Waals surface area (Å²) in [6.45, 7) is 5.73. The fourth-order valence-corrected chi connectivity index (χ4v) is 1.55. The van der Waals surface area contributed by atoms with E-state index in [4.69, 9.17) is 0 Å². The van der Waals surface area contributed by atoms with Crippen LogP contribution in [0.5, 0.6) is 0 Å². The van der Waals surface area contributed by atoms with E-state index in [0.29, 0.717) is 12.6 Å². The highest BCUT2D eigenvalue weighted by Gasteiger charge is 2.06. The summed E-state index contributed by atoms with van der Waals surface area (Å²) in [6, 6.07) is 0.385. The lowest BCUT2D eigenvalue weighted by Gasteiger charge is -2.16. The molecular formula is C11H22N4O. The average Bonchev–Trinajstić information content (AvgIpc) is 2.77. The van der Waals surface area contributed by atoms with Crippen LogP contribution in [0.1, 0.15) is 33.1 Å². The van der Waals surface area contributed by atoms with Gasteiger partial charge in [-0.3, -0.25) is 4.68 Å². The van der Waals surface area contributed by atoms with Crippen LogP contribution in [0.25, 0.3) is 0 Å². The maximum absolute atomic E-state index is 9.56. The fraction of sp³-hybridized carbons (Fsp3) is 0.818. The Morgan fingerprint density at radius 2 is 2.25 bits per heavy atom. The van der Waals surface area contributed by atoms with Crippen LogP contribution in [-0.2, 0) is 6.54 Å². The van der Waals surface area contributed by atoms with Crippen molar-refractivity contribution in [1.82, 2.24) is 20.1 Å². The lowest BCUT2D eigenvalue weighted by Crippen LogP contribution is -2.34. The molecule has 0 aromatic carbocycles. The van der Waals surface area contributed by atoms with E-state index in [2.05, 4.69) is 29.2 Å². The molecule has 0 saturated carbocycles. The Kier molecular flexibility index (Phi) is 6.03. The minimum absolute atomic E-state index is 0.223. The van der Waals surface area contributed by atoms with Crippen molar-refractivity contribution in [2.75, 3.05) is 6.54 Å². The highest BCUT2D eigenvalue weighted by molar-refractivity contribution is 4.66. The average molecular weight is 226 g/mol. The van der Waals surface area contributed by atoms with Crippen molar-refractivity contribution in [2.45, 2.75) is 51.8 Å². The molecule has 1 aromatic heterocycles. The molecule has 5 heteroatoms. The Bertz CT molecular complexity index is 263. The van der Waals surface area contributed by atoms with E-state index in [1.165, 1.54) is 0 Å². The molecule has 0 saturated heterocycles. The van der Waals surface area contributed by atoms with Crippen molar-refractivity contribution in [3.05, 3.63) is 12.7 Å². The third-order valence-corrected chi connectivity index (χ3v) is 2.58. The van der Waals surface area contributed by atoms with Gasteiger partial charge in [0.05, 0.1) is 6.10 Å². The maximum atomic E-state index is 9.56. The molecule has 0 aliphatic heterocycles. The fourth-order valence-electron chi connectivity index (χ4n) is 1.55. The van der Waals surface area contributed by atoms with Gasteiger partial charge in [-0.2, -0.15) is 5.10 Å². The van der Waals surface area contributed by atoms with E-state index in [0.717, 1.165) is 25.8 Å². The van der Waals surface area contributed by atoms with E-state index >= 15 is 0 Å². The summed E-state index contributed by atoms with van der Waals surface area (Å²) in [4.78, 5) is 3.89. The molecular weight excluding hydrogens is 204 g/mol. The first-order valence-electron chi connectivity index (χ1n) is 5.96. The molecule has 0 bridgehead atoms. The van der Waals surface area contributed by atoms with Crippen molar-refractivity contribution in [3.63, 3.8) is 0 Å². The molecule has 1 heterocycles. The van der Waals surface area contributed by atoms with Gasteiger partial charge in [-0.05, 0) is 19.8 Å². The standard InChI is InChI=1S/C11H22N4O/c1-3-4-11(16)7-13-10(2)5-6-15-9-12-8-14-15/h8-11,13,16H,3-7H2,1-2H3. The van der Waals surface area contributed by atoms with E-state index in [1.54, 1.807) is 12.7 Å². The second-order valence-corrected chi connectivity index (χ2v) is 4.20. The second kappa shape index (κ2) is 7.35. The van der Waals surface area contributed by atoms with Crippen LogP contribution in [-0.4, -0.2) is 38.6 Å². The van der Waals surface area contributed by atoms with Gasteiger partial charge in [-0.15, -0.1) is 0 Å². The van der Waals surface area contributed by atoms with E-state index in [1.807, 2.05) is 4.68 Å². The monoisotopic (exact) mass is 226 g/mol. The Balaban J connectivity index is 2.09. The molecule has 2 N–H and O–H groups in total. The van der Waals surface area contributed by atoms with Gasteiger partial charge in [-0.1, -0.05) is 13.3 Å². The largest absolute Gasteiger partial charge is 0.392 e. The van der Waals surface area contributed by atoms with Crippen LogP contribution in [0, 0.1) is 0 Å². The van der Waals surface area contributed by atoms with Crippen LogP contribution in [0.3, 0.4) is 0 Å². The van der Waals surface area contributed by atoms with Gasteiger partial charge in [0.1, 0.15) is 12.7 Å². The first-order chi connectivity index (χ1) is 7.72. The number of hydrogen-bond acceptors (Lipinski definition) is 4. The first kappa shape index (κ1) is 13.1. The zero-order valence-corrected chi connectivity index (χ0v) is 10.1. The van der Waals surface area contributed by atoms with Crippen molar-refractivity contribution in [2.24, 2.45) is 0 Å². The molecule has 92 valence electrons. The number of aliphatic hydroxyl groups excluding tert-OH is 1. The normalized spacial score (nSPS) is 14.9. The maximum Gasteiger partial charge on any atom is 0.137 e. The predicted molar refractivity (Wildman–Crippen MR) is 63.0 cm³/mol. The number of aliphatic hydroxyl groups is 1. The smallest absolute Gasteiger partial charge is 0.137 e. The van der Waals surface area contributed by atoms with Gasteiger partial charge < -0.3 is 10.4 Å². The Morgan fingerprint density at radius 3 is 2.88 bits per heavy atom. The molecule has 0 amide bonds. The summed E-state index contributed by atoms with van der Waals surface area (Å²) >= 11 is 0. The van der Waals surface area contributed by atoms with Gasteiger partial charge >= 0.3 is 0 Å². The van der Waals surface area contributed by atoms with Crippen LogP contribution in [0.2, 0.25) is 0 Å². The summed E-state index contributed by atoms with van der Waals surface area (Å²) in [5.41, 5.74) is 0. The summed E-state index contributed by atoms with van der Waals surface area (Å²) < 4.78 is 1.82. The minimum Gasteiger partial charge on any atom is -0.392 e. The third kappa shape index (κ3) is 5.23. The molecule has 0 spiro atoms. The van der Waals surface area contributed by atoms with Crippen LogP contribution in [0.4, 0.5) is 0 Å². The van der Waals surface area contributed by atoms with Gasteiger partial charge in [0.15, 0.2) is 0 Å². The number of aromatic nitrogens is 3. The van der Waals surface area contributed by atoms with Gasteiger partial charge in [0, 0.05) is 19.1 Å². The SMILES string of the molecule is CCCC(O)CNC(C)CCn1cncn1.